The summed E-state index contributed by atoms with van der Waals surface area (Å²) in [5, 5.41) is 1.53. The Balaban J connectivity index is 1.44. The molecule has 2 heterocycles. The molecule has 1 aliphatic heterocycles. The van der Waals surface area contributed by atoms with Gasteiger partial charge in [0.05, 0.1) is 13.7 Å². The van der Waals surface area contributed by atoms with Crippen LogP contribution < -0.4 is 15.0 Å². The summed E-state index contributed by atoms with van der Waals surface area (Å²) >= 11 is 0. The third kappa shape index (κ3) is 5.96. The van der Waals surface area contributed by atoms with Crippen molar-refractivity contribution in [3.63, 3.8) is 0 Å². The standard InChI is InChI=1S/C28H34N2O5/c1-19-16-24-21(10-13-30(26(24)31)18-20-6-8-22(33-5)9-7-20)17-25(19)34-23-11-14-29(15-12-23)27(32)35-28(2,3)4/h6-10,13,16-17,23H,11-12,14-15,18H2,1-5H3. The lowest BCUT2D eigenvalue weighted by Gasteiger charge is -2.33. The maximum Gasteiger partial charge on any atom is 0.410 e. The molecule has 35 heavy (non-hydrogen) atoms. The molecular formula is C28H34N2O5. The minimum absolute atomic E-state index is 0.0141. The molecule has 0 radical (unpaired) electrons. The van der Waals surface area contributed by atoms with Gasteiger partial charge in [0.25, 0.3) is 5.56 Å². The number of methoxy groups -OCH3 is 1. The third-order valence-electron chi connectivity index (χ3n) is 6.17. The van der Waals surface area contributed by atoms with Crippen molar-refractivity contribution in [3.8, 4) is 11.5 Å². The highest BCUT2D eigenvalue weighted by Gasteiger charge is 2.28. The first-order valence-electron chi connectivity index (χ1n) is 12.0. The lowest BCUT2D eigenvalue weighted by Crippen LogP contribution is -2.44. The van der Waals surface area contributed by atoms with E-state index in [4.69, 9.17) is 14.2 Å². The molecule has 7 nitrogen and oxygen atoms in total. The predicted octanol–water partition coefficient (Wildman–Crippen LogP) is 5.15. The highest BCUT2D eigenvalue weighted by molar-refractivity contribution is 5.84. The van der Waals surface area contributed by atoms with Gasteiger partial charge < -0.3 is 23.7 Å². The maximum atomic E-state index is 13.2. The number of fused-ring (bicyclic) bond motifs is 1. The molecule has 0 aliphatic carbocycles. The highest BCUT2D eigenvalue weighted by Crippen LogP contribution is 2.27. The molecule has 0 spiro atoms. The Morgan fingerprint density at radius 1 is 1.06 bits per heavy atom. The summed E-state index contributed by atoms with van der Waals surface area (Å²) in [6, 6.07) is 13.5. The molecule has 1 saturated heterocycles. The van der Waals surface area contributed by atoms with Crippen molar-refractivity contribution in [2.75, 3.05) is 20.2 Å². The summed E-state index contributed by atoms with van der Waals surface area (Å²) in [6.07, 6.45) is 3.04. The number of pyridine rings is 1. The van der Waals surface area contributed by atoms with Crippen LogP contribution in [0.3, 0.4) is 0 Å². The Labute approximate surface area is 206 Å². The number of nitrogens with zero attached hydrogens (tertiary/aromatic N) is 2. The van der Waals surface area contributed by atoms with Gasteiger partial charge in [0.15, 0.2) is 0 Å². The number of aryl methyl sites for hydroxylation is 1. The molecule has 2 aromatic carbocycles. The number of carbonyl (C=O) groups is 1. The predicted molar refractivity (Wildman–Crippen MR) is 136 cm³/mol. The largest absolute Gasteiger partial charge is 0.497 e. The minimum Gasteiger partial charge on any atom is -0.497 e. The quantitative estimate of drug-likeness (QED) is 0.508. The van der Waals surface area contributed by atoms with Crippen LogP contribution in [0, 0.1) is 6.92 Å². The Kier molecular flexibility index (Phi) is 7.05. The van der Waals surface area contributed by atoms with Crippen LogP contribution in [0.25, 0.3) is 10.8 Å². The average Bonchev–Trinajstić information content (AvgIpc) is 2.82. The van der Waals surface area contributed by atoms with Crippen LogP contribution in [0.4, 0.5) is 4.79 Å². The van der Waals surface area contributed by atoms with Crippen LogP contribution >= 0.6 is 0 Å². The summed E-state index contributed by atoms with van der Waals surface area (Å²) in [5.74, 6) is 1.57. The normalized spacial score (nSPS) is 14.7. The molecule has 0 atom stereocenters. The number of likely N-dealkylation sites (tertiary alicyclic amines) is 1. The Hall–Kier alpha value is -3.48. The SMILES string of the molecule is COc1ccc(Cn2ccc3cc(OC4CCN(C(=O)OC(C)(C)C)CC4)c(C)cc3c2=O)cc1. The minimum atomic E-state index is -0.500. The number of carbonyl (C=O) groups excluding carboxylic acids is 1. The van der Waals surface area contributed by atoms with Crippen LogP contribution in [0.5, 0.6) is 11.5 Å². The lowest BCUT2D eigenvalue weighted by atomic mass is 10.1. The average molecular weight is 479 g/mol. The van der Waals surface area contributed by atoms with Gasteiger partial charge in [0, 0.05) is 37.5 Å². The lowest BCUT2D eigenvalue weighted by molar-refractivity contribution is 0.0126. The van der Waals surface area contributed by atoms with E-state index in [9.17, 15) is 9.59 Å². The number of aromatic nitrogens is 1. The summed E-state index contributed by atoms with van der Waals surface area (Å²) < 4.78 is 18.7. The number of benzene rings is 2. The first kappa shape index (κ1) is 24.6. The van der Waals surface area contributed by atoms with E-state index in [1.165, 1.54) is 0 Å². The van der Waals surface area contributed by atoms with Crippen molar-refractivity contribution in [2.24, 2.45) is 0 Å². The van der Waals surface area contributed by atoms with Gasteiger partial charge in [0.1, 0.15) is 23.2 Å². The van der Waals surface area contributed by atoms with Crippen molar-refractivity contribution in [1.82, 2.24) is 9.47 Å². The van der Waals surface area contributed by atoms with E-state index < -0.39 is 5.60 Å². The van der Waals surface area contributed by atoms with Crippen LogP contribution in [0.1, 0.15) is 44.7 Å². The molecule has 1 fully saturated rings. The van der Waals surface area contributed by atoms with Gasteiger partial charge in [-0.25, -0.2) is 4.79 Å². The second-order valence-corrected chi connectivity index (χ2v) is 10.1. The molecule has 3 aromatic rings. The van der Waals surface area contributed by atoms with Crippen molar-refractivity contribution in [2.45, 2.75) is 58.8 Å². The van der Waals surface area contributed by atoms with Crippen LogP contribution in [0.15, 0.2) is 53.5 Å². The fourth-order valence-electron chi connectivity index (χ4n) is 4.26. The van der Waals surface area contributed by atoms with Crippen molar-refractivity contribution < 1.29 is 19.0 Å². The fraction of sp³-hybridized carbons (Fsp3) is 0.429. The maximum absolute atomic E-state index is 13.2. The zero-order chi connectivity index (χ0) is 25.2. The smallest absolute Gasteiger partial charge is 0.410 e. The number of rotatable bonds is 5. The fourth-order valence-corrected chi connectivity index (χ4v) is 4.26. The summed E-state index contributed by atoms with van der Waals surface area (Å²) in [6.45, 7) is 9.27. The zero-order valence-corrected chi connectivity index (χ0v) is 21.2. The monoisotopic (exact) mass is 478 g/mol. The van der Waals surface area contributed by atoms with E-state index in [0.717, 1.165) is 40.9 Å². The first-order chi connectivity index (χ1) is 16.6. The number of hydrogen-bond acceptors (Lipinski definition) is 5. The molecule has 0 bridgehead atoms. The molecule has 7 heteroatoms. The van der Waals surface area contributed by atoms with Gasteiger partial charge in [-0.1, -0.05) is 12.1 Å². The molecule has 1 amide bonds. The Morgan fingerprint density at radius 3 is 2.37 bits per heavy atom. The molecular weight excluding hydrogens is 444 g/mol. The molecule has 1 aromatic heterocycles. The second kappa shape index (κ2) is 10.0. The number of hydrogen-bond donors (Lipinski definition) is 0. The van der Waals surface area contributed by atoms with E-state index in [-0.39, 0.29) is 17.8 Å². The highest BCUT2D eigenvalue weighted by atomic mass is 16.6. The molecule has 186 valence electrons. The Morgan fingerprint density at radius 2 is 1.74 bits per heavy atom. The van der Waals surface area contributed by atoms with Gasteiger partial charge in [-0.05, 0) is 74.5 Å². The molecule has 0 saturated carbocycles. The Bertz CT molecular complexity index is 1250. The van der Waals surface area contributed by atoms with Crippen LogP contribution in [-0.2, 0) is 11.3 Å². The first-order valence-corrected chi connectivity index (χ1v) is 12.0. The van der Waals surface area contributed by atoms with Crippen LogP contribution in [-0.4, -0.2) is 47.5 Å². The van der Waals surface area contributed by atoms with E-state index in [0.29, 0.717) is 25.0 Å². The second-order valence-electron chi connectivity index (χ2n) is 10.1. The van der Waals surface area contributed by atoms with E-state index >= 15 is 0 Å². The molecule has 0 N–H and O–H groups in total. The van der Waals surface area contributed by atoms with Gasteiger partial charge in [-0.2, -0.15) is 0 Å². The van der Waals surface area contributed by atoms with E-state index in [2.05, 4.69) is 0 Å². The van der Waals surface area contributed by atoms with E-state index in [1.807, 2.05) is 76.4 Å². The number of piperidine rings is 1. The number of ether oxygens (including phenoxy) is 3. The summed E-state index contributed by atoms with van der Waals surface area (Å²) in [7, 11) is 1.64. The van der Waals surface area contributed by atoms with Gasteiger partial charge in [-0.3, -0.25) is 4.79 Å². The molecule has 1 aliphatic rings. The summed E-state index contributed by atoms with van der Waals surface area (Å²) in [4.78, 5) is 27.2. The van der Waals surface area contributed by atoms with Crippen molar-refractivity contribution in [3.05, 3.63) is 70.1 Å². The van der Waals surface area contributed by atoms with Gasteiger partial charge in [0.2, 0.25) is 0 Å². The molecule has 0 unspecified atom stereocenters. The van der Waals surface area contributed by atoms with Gasteiger partial charge >= 0.3 is 6.09 Å². The van der Waals surface area contributed by atoms with Gasteiger partial charge in [-0.15, -0.1) is 0 Å². The van der Waals surface area contributed by atoms with Crippen molar-refractivity contribution >= 4 is 16.9 Å². The molecule has 4 rings (SSSR count). The third-order valence-corrected chi connectivity index (χ3v) is 6.17. The summed E-state index contributed by atoms with van der Waals surface area (Å²) in [5.41, 5.74) is 1.42. The zero-order valence-electron chi connectivity index (χ0n) is 21.2. The topological polar surface area (TPSA) is 70.0 Å². The van der Waals surface area contributed by atoms with Crippen LogP contribution in [0.2, 0.25) is 0 Å². The number of amides is 1. The van der Waals surface area contributed by atoms with E-state index in [1.54, 1.807) is 16.6 Å². The van der Waals surface area contributed by atoms with Crippen molar-refractivity contribution in [1.29, 1.82) is 0 Å².